The zero-order valence-electron chi connectivity index (χ0n) is 13.5. The molecule has 1 aliphatic rings. The van der Waals surface area contributed by atoms with E-state index < -0.39 is 5.97 Å². The molecule has 0 saturated carbocycles. The predicted molar refractivity (Wildman–Crippen MR) is 91.4 cm³/mol. The quantitative estimate of drug-likeness (QED) is 0.559. The summed E-state index contributed by atoms with van der Waals surface area (Å²) in [6.07, 6.45) is 3.15. The van der Waals surface area contributed by atoms with Crippen molar-refractivity contribution in [2.45, 2.75) is 25.7 Å². The van der Waals surface area contributed by atoms with Crippen molar-refractivity contribution in [3.05, 3.63) is 21.9 Å². The molecule has 0 radical (unpaired) electrons. The van der Waals surface area contributed by atoms with E-state index in [0.29, 0.717) is 22.2 Å². The zero-order valence-corrected chi connectivity index (χ0v) is 14.3. The van der Waals surface area contributed by atoms with E-state index in [1.54, 1.807) is 12.1 Å². The van der Waals surface area contributed by atoms with Gasteiger partial charge in [-0.2, -0.15) is 0 Å². The molecule has 4 N–H and O–H groups in total. The maximum atomic E-state index is 12.1. The molecule has 8 heteroatoms. The third-order valence-electron chi connectivity index (χ3n) is 3.97. The standard InChI is InChI=1S/C16H23N3O4S/c20-14(21)6-10-19-16(23)13-2-1-12(24-13)15(22)18-9-5-11-3-7-17-8-4-11/h1-2,11,17H,3-10H2,(H,18,22)(H,19,23)(H,20,21). The van der Waals surface area contributed by atoms with Crippen LogP contribution >= 0.6 is 11.3 Å². The second-order valence-electron chi connectivity index (χ2n) is 5.80. The predicted octanol–water partition coefficient (Wildman–Crippen LogP) is 1.07. The number of thiophene rings is 1. The Bertz CT molecular complexity index is 582. The number of hydrogen-bond acceptors (Lipinski definition) is 5. The Morgan fingerprint density at radius 1 is 1.08 bits per heavy atom. The first-order valence-electron chi connectivity index (χ1n) is 8.15. The van der Waals surface area contributed by atoms with Crippen LogP contribution in [0.15, 0.2) is 12.1 Å². The topological polar surface area (TPSA) is 108 Å². The average Bonchev–Trinajstić information content (AvgIpc) is 3.05. The fraction of sp³-hybridized carbons (Fsp3) is 0.562. The van der Waals surface area contributed by atoms with Gasteiger partial charge in [0.15, 0.2) is 0 Å². The Kier molecular flexibility index (Phi) is 7.20. The van der Waals surface area contributed by atoms with E-state index in [-0.39, 0.29) is 24.8 Å². The molecule has 0 spiro atoms. The summed E-state index contributed by atoms with van der Waals surface area (Å²) in [4.78, 5) is 35.3. The second-order valence-corrected chi connectivity index (χ2v) is 6.89. The number of rotatable bonds is 8. The van der Waals surface area contributed by atoms with Gasteiger partial charge in [-0.15, -0.1) is 11.3 Å². The van der Waals surface area contributed by atoms with E-state index in [2.05, 4.69) is 16.0 Å². The largest absolute Gasteiger partial charge is 0.481 e. The highest BCUT2D eigenvalue weighted by Gasteiger charge is 2.15. The van der Waals surface area contributed by atoms with Crippen LogP contribution in [0.4, 0.5) is 0 Å². The maximum Gasteiger partial charge on any atom is 0.305 e. The minimum atomic E-state index is -0.963. The Labute approximate surface area is 144 Å². The Morgan fingerprint density at radius 2 is 1.67 bits per heavy atom. The summed E-state index contributed by atoms with van der Waals surface area (Å²) in [5, 5.41) is 17.3. The van der Waals surface area contributed by atoms with Gasteiger partial charge in [-0.25, -0.2) is 0 Å². The molecule has 1 aromatic heterocycles. The molecule has 0 atom stereocenters. The van der Waals surface area contributed by atoms with Crippen molar-refractivity contribution in [3.63, 3.8) is 0 Å². The molecule has 1 aromatic rings. The molecule has 2 heterocycles. The van der Waals surface area contributed by atoms with E-state index in [1.807, 2.05) is 0 Å². The van der Waals surface area contributed by atoms with Crippen LogP contribution in [0.2, 0.25) is 0 Å². The summed E-state index contributed by atoms with van der Waals surface area (Å²) in [5.41, 5.74) is 0. The highest BCUT2D eigenvalue weighted by molar-refractivity contribution is 7.15. The Morgan fingerprint density at radius 3 is 2.25 bits per heavy atom. The minimum absolute atomic E-state index is 0.0733. The number of aliphatic carboxylic acids is 1. The van der Waals surface area contributed by atoms with Crippen LogP contribution in [0.1, 0.15) is 45.0 Å². The summed E-state index contributed by atoms with van der Waals surface area (Å²) in [6.45, 7) is 2.80. The first-order valence-corrected chi connectivity index (χ1v) is 8.96. The third-order valence-corrected chi connectivity index (χ3v) is 5.06. The molecule has 7 nitrogen and oxygen atoms in total. The van der Waals surface area contributed by atoms with Gasteiger partial charge in [-0.05, 0) is 50.4 Å². The van der Waals surface area contributed by atoms with E-state index in [0.717, 1.165) is 43.7 Å². The molecular weight excluding hydrogens is 330 g/mol. The summed E-state index contributed by atoms with van der Waals surface area (Å²) in [5.74, 6) is -0.825. The normalized spacial score (nSPS) is 15.0. The molecule has 2 amide bonds. The molecule has 1 saturated heterocycles. The van der Waals surface area contributed by atoms with Crippen molar-refractivity contribution in [1.29, 1.82) is 0 Å². The fourth-order valence-corrected chi connectivity index (χ4v) is 3.44. The third kappa shape index (κ3) is 5.93. The van der Waals surface area contributed by atoms with E-state index in [9.17, 15) is 14.4 Å². The highest BCUT2D eigenvalue weighted by Crippen LogP contribution is 2.17. The van der Waals surface area contributed by atoms with Gasteiger partial charge >= 0.3 is 5.97 Å². The van der Waals surface area contributed by atoms with Gasteiger partial charge in [0.1, 0.15) is 0 Å². The molecule has 0 bridgehead atoms. The number of amides is 2. The SMILES string of the molecule is O=C(O)CCNC(=O)c1ccc(C(=O)NCCC2CCNCC2)s1. The number of piperidine rings is 1. The second kappa shape index (κ2) is 9.39. The van der Waals surface area contributed by atoms with E-state index >= 15 is 0 Å². The summed E-state index contributed by atoms with van der Waals surface area (Å²) in [6, 6.07) is 3.21. The van der Waals surface area contributed by atoms with Gasteiger partial charge in [0, 0.05) is 13.1 Å². The lowest BCUT2D eigenvalue weighted by Crippen LogP contribution is -2.31. The monoisotopic (exact) mass is 353 g/mol. The van der Waals surface area contributed by atoms with Crippen LogP contribution in [0.3, 0.4) is 0 Å². The molecule has 1 fully saturated rings. The van der Waals surface area contributed by atoms with E-state index in [1.165, 1.54) is 0 Å². The van der Waals surface area contributed by atoms with Crippen molar-refractivity contribution in [1.82, 2.24) is 16.0 Å². The van der Waals surface area contributed by atoms with Gasteiger partial charge in [0.25, 0.3) is 11.8 Å². The molecule has 24 heavy (non-hydrogen) atoms. The Hall–Kier alpha value is -1.93. The lowest BCUT2D eigenvalue weighted by molar-refractivity contribution is -0.136. The zero-order chi connectivity index (χ0) is 17.4. The van der Waals surface area contributed by atoms with Gasteiger partial charge in [0.05, 0.1) is 16.2 Å². The van der Waals surface area contributed by atoms with Crippen molar-refractivity contribution < 1.29 is 19.5 Å². The molecule has 2 rings (SSSR count). The van der Waals surface area contributed by atoms with Crippen molar-refractivity contribution in [3.8, 4) is 0 Å². The summed E-state index contributed by atoms with van der Waals surface area (Å²) in [7, 11) is 0. The molecule has 132 valence electrons. The smallest absolute Gasteiger partial charge is 0.305 e. The number of carbonyl (C=O) groups is 3. The molecule has 0 unspecified atom stereocenters. The van der Waals surface area contributed by atoms with Crippen LogP contribution in [-0.4, -0.2) is 49.1 Å². The van der Waals surface area contributed by atoms with Gasteiger partial charge in [-0.1, -0.05) is 0 Å². The van der Waals surface area contributed by atoms with Crippen LogP contribution in [-0.2, 0) is 4.79 Å². The average molecular weight is 353 g/mol. The minimum Gasteiger partial charge on any atom is -0.481 e. The lowest BCUT2D eigenvalue weighted by Gasteiger charge is -2.22. The van der Waals surface area contributed by atoms with Gasteiger partial charge < -0.3 is 21.1 Å². The number of carbonyl (C=O) groups excluding carboxylic acids is 2. The van der Waals surface area contributed by atoms with Crippen molar-refractivity contribution >= 4 is 29.1 Å². The Balaban J connectivity index is 1.73. The first-order chi connectivity index (χ1) is 11.6. The fourth-order valence-electron chi connectivity index (χ4n) is 2.60. The molecule has 0 aliphatic carbocycles. The number of carboxylic acids is 1. The number of hydrogen-bond donors (Lipinski definition) is 4. The highest BCUT2D eigenvalue weighted by atomic mass is 32.1. The van der Waals surface area contributed by atoms with Crippen molar-refractivity contribution in [2.75, 3.05) is 26.2 Å². The number of carboxylic acid groups (broad SMARTS) is 1. The van der Waals surface area contributed by atoms with Crippen molar-refractivity contribution in [2.24, 2.45) is 5.92 Å². The number of nitrogens with one attached hydrogen (secondary N) is 3. The molecular formula is C16H23N3O4S. The van der Waals surface area contributed by atoms with Gasteiger partial charge in [0.2, 0.25) is 0 Å². The van der Waals surface area contributed by atoms with E-state index in [4.69, 9.17) is 5.11 Å². The van der Waals surface area contributed by atoms with Crippen LogP contribution in [0.25, 0.3) is 0 Å². The maximum absolute atomic E-state index is 12.1. The lowest BCUT2D eigenvalue weighted by atomic mass is 9.95. The molecule has 1 aliphatic heterocycles. The van der Waals surface area contributed by atoms with Crippen LogP contribution < -0.4 is 16.0 Å². The molecule has 0 aromatic carbocycles. The van der Waals surface area contributed by atoms with Crippen LogP contribution in [0.5, 0.6) is 0 Å². The van der Waals surface area contributed by atoms with Crippen LogP contribution in [0, 0.1) is 5.92 Å². The summed E-state index contributed by atoms with van der Waals surface area (Å²) < 4.78 is 0. The van der Waals surface area contributed by atoms with Gasteiger partial charge in [-0.3, -0.25) is 14.4 Å². The first kappa shape index (κ1) is 18.4. The summed E-state index contributed by atoms with van der Waals surface area (Å²) >= 11 is 1.11.